The molecule has 0 bridgehead atoms. The predicted molar refractivity (Wildman–Crippen MR) is 82.0 cm³/mol. The number of likely N-dealkylation sites (N-methyl/N-ethyl adjacent to an activating group) is 1. The Balaban J connectivity index is 2.09. The zero-order chi connectivity index (χ0) is 14.5. The highest BCUT2D eigenvalue weighted by Gasteiger charge is 2.29. The lowest BCUT2D eigenvalue weighted by atomic mass is 10.0. The molecule has 4 heteroatoms. The lowest BCUT2D eigenvalue weighted by Crippen LogP contribution is -2.42. The van der Waals surface area contributed by atoms with Crippen molar-refractivity contribution in [3.05, 3.63) is 17.5 Å². The normalized spacial score (nSPS) is 24.2. The first-order valence-electron chi connectivity index (χ1n) is 8.12. The van der Waals surface area contributed by atoms with Gasteiger partial charge in [-0.15, -0.1) is 0 Å². The molecule has 0 saturated carbocycles. The second-order valence-corrected chi connectivity index (χ2v) is 5.73. The standard InChI is InChI=1S/C16H29N3O/c1-5-13-10-14(19(7-3)18-13)11-15(17-6-2)16-9-8-12(4)20-16/h10,12,15-17H,5-9,11H2,1-4H3. The van der Waals surface area contributed by atoms with Crippen LogP contribution >= 0.6 is 0 Å². The van der Waals surface area contributed by atoms with Crippen LogP contribution in [0.5, 0.6) is 0 Å². The fraction of sp³-hybridized carbons (Fsp3) is 0.812. The van der Waals surface area contributed by atoms with E-state index in [1.54, 1.807) is 0 Å². The number of hydrogen-bond acceptors (Lipinski definition) is 3. The van der Waals surface area contributed by atoms with Crippen molar-refractivity contribution < 1.29 is 4.74 Å². The maximum absolute atomic E-state index is 6.06. The highest BCUT2D eigenvalue weighted by atomic mass is 16.5. The highest BCUT2D eigenvalue weighted by Crippen LogP contribution is 2.24. The molecule has 3 atom stereocenters. The van der Waals surface area contributed by atoms with Gasteiger partial charge in [-0.1, -0.05) is 13.8 Å². The number of nitrogens with one attached hydrogen (secondary N) is 1. The summed E-state index contributed by atoms with van der Waals surface area (Å²) in [5.74, 6) is 0. The largest absolute Gasteiger partial charge is 0.374 e. The molecule has 4 nitrogen and oxygen atoms in total. The Morgan fingerprint density at radius 2 is 2.20 bits per heavy atom. The molecule has 1 aromatic heterocycles. The van der Waals surface area contributed by atoms with Crippen molar-refractivity contribution in [1.29, 1.82) is 0 Å². The van der Waals surface area contributed by atoms with E-state index in [-0.39, 0.29) is 0 Å². The minimum Gasteiger partial charge on any atom is -0.374 e. The molecule has 0 aliphatic carbocycles. The van der Waals surface area contributed by atoms with E-state index >= 15 is 0 Å². The summed E-state index contributed by atoms with van der Waals surface area (Å²) in [6.45, 7) is 10.6. The summed E-state index contributed by atoms with van der Waals surface area (Å²) in [4.78, 5) is 0. The van der Waals surface area contributed by atoms with Crippen LogP contribution in [0.1, 0.15) is 51.9 Å². The minimum absolute atomic E-state index is 0.343. The van der Waals surface area contributed by atoms with Crippen molar-refractivity contribution in [1.82, 2.24) is 15.1 Å². The zero-order valence-electron chi connectivity index (χ0n) is 13.4. The van der Waals surface area contributed by atoms with Gasteiger partial charge in [0.05, 0.1) is 17.9 Å². The lowest BCUT2D eigenvalue weighted by Gasteiger charge is -2.24. The molecule has 0 amide bonds. The number of ether oxygens (including phenoxy) is 1. The molecule has 0 radical (unpaired) electrons. The van der Waals surface area contributed by atoms with Crippen molar-refractivity contribution >= 4 is 0 Å². The van der Waals surface area contributed by atoms with Crippen LogP contribution < -0.4 is 5.32 Å². The van der Waals surface area contributed by atoms with E-state index in [4.69, 9.17) is 4.74 Å². The van der Waals surface area contributed by atoms with Crippen LogP contribution in [0.15, 0.2) is 6.07 Å². The summed E-state index contributed by atoms with van der Waals surface area (Å²) >= 11 is 0. The topological polar surface area (TPSA) is 39.1 Å². The number of aromatic nitrogens is 2. The van der Waals surface area contributed by atoms with Gasteiger partial charge < -0.3 is 10.1 Å². The van der Waals surface area contributed by atoms with Gasteiger partial charge in [0, 0.05) is 24.7 Å². The fourth-order valence-electron chi connectivity index (χ4n) is 3.08. The third kappa shape index (κ3) is 3.61. The van der Waals surface area contributed by atoms with E-state index in [0.717, 1.165) is 25.9 Å². The van der Waals surface area contributed by atoms with E-state index in [1.165, 1.54) is 24.2 Å². The average molecular weight is 279 g/mol. The minimum atomic E-state index is 0.343. The van der Waals surface area contributed by atoms with E-state index in [9.17, 15) is 0 Å². The van der Waals surface area contributed by atoms with Crippen molar-refractivity contribution in [2.24, 2.45) is 0 Å². The predicted octanol–water partition coefficient (Wildman–Crippen LogP) is 2.55. The van der Waals surface area contributed by atoms with Gasteiger partial charge >= 0.3 is 0 Å². The average Bonchev–Trinajstić information content (AvgIpc) is 3.04. The molecule has 3 unspecified atom stereocenters. The van der Waals surface area contributed by atoms with E-state index < -0.39 is 0 Å². The Hall–Kier alpha value is -0.870. The summed E-state index contributed by atoms with van der Waals surface area (Å²) in [7, 11) is 0. The summed E-state index contributed by atoms with van der Waals surface area (Å²) in [5, 5.41) is 8.26. The van der Waals surface area contributed by atoms with E-state index in [0.29, 0.717) is 18.2 Å². The van der Waals surface area contributed by atoms with Gasteiger partial charge in [-0.25, -0.2) is 0 Å². The second kappa shape index (κ2) is 7.23. The van der Waals surface area contributed by atoms with Crippen LogP contribution in [0.2, 0.25) is 0 Å². The Morgan fingerprint density at radius 1 is 1.40 bits per heavy atom. The molecule has 1 fully saturated rings. The second-order valence-electron chi connectivity index (χ2n) is 5.73. The maximum Gasteiger partial charge on any atom is 0.0736 e. The number of nitrogens with zero attached hydrogens (tertiary/aromatic N) is 2. The van der Waals surface area contributed by atoms with Gasteiger partial charge in [-0.05, 0) is 45.7 Å². The van der Waals surface area contributed by atoms with Crippen molar-refractivity contribution in [2.45, 2.75) is 78.2 Å². The van der Waals surface area contributed by atoms with E-state index in [2.05, 4.69) is 48.9 Å². The van der Waals surface area contributed by atoms with Crippen LogP contribution in [-0.2, 0) is 24.1 Å². The smallest absolute Gasteiger partial charge is 0.0736 e. The summed E-state index contributed by atoms with van der Waals surface area (Å²) < 4.78 is 8.20. The third-order valence-corrected chi connectivity index (χ3v) is 4.18. The van der Waals surface area contributed by atoms with Gasteiger partial charge in [0.15, 0.2) is 0 Å². The molecule has 0 aromatic carbocycles. The Morgan fingerprint density at radius 3 is 2.75 bits per heavy atom. The number of hydrogen-bond donors (Lipinski definition) is 1. The Bertz CT molecular complexity index is 416. The molecule has 1 N–H and O–H groups in total. The molecule has 0 spiro atoms. The molecule has 1 aliphatic rings. The van der Waals surface area contributed by atoms with Crippen molar-refractivity contribution in [3.8, 4) is 0 Å². The van der Waals surface area contributed by atoms with Crippen LogP contribution in [0.25, 0.3) is 0 Å². The molecule has 2 rings (SSSR count). The van der Waals surface area contributed by atoms with Crippen LogP contribution in [0, 0.1) is 0 Å². The quantitative estimate of drug-likeness (QED) is 0.833. The highest BCUT2D eigenvalue weighted by molar-refractivity contribution is 5.12. The maximum atomic E-state index is 6.06. The molecular weight excluding hydrogens is 250 g/mol. The van der Waals surface area contributed by atoms with Gasteiger partial charge in [0.2, 0.25) is 0 Å². The molecule has 20 heavy (non-hydrogen) atoms. The first-order chi connectivity index (χ1) is 9.67. The van der Waals surface area contributed by atoms with Crippen molar-refractivity contribution in [3.63, 3.8) is 0 Å². The van der Waals surface area contributed by atoms with Crippen LogP contribution in [0.4, 0.5) is 0 Å². The monoisotopic (exact) mass is 279 g/mol. The first-order valence-corrected chi connectivity index (χ1v) is 8.12. The Labute approximate surface area is 122 Å². The summed E-state index contributed by atoms with van der Waals surface area (Å²) in [5.41, 5.74) is 2.52. The van der Waals surface area contributed by atoms with Gasteiger partial charge in [-0.2, -0.15) is 5.10 Å². The molecule has 2 heterocycles. The van der Waals surface area contributed by atoms with Gasteiger partial charge in [-0.3, -0.25) is 4.68 Å². The summed E-state index contributed by atoms with van der Waals surface area (Å²) in [6.07, 6.45) is 5.10. The number of rotatable bonds is 7. The molecule has 1 aliphatic heterocycles. The Kier molecular flexibility index (Phi) is 5.61. The lowest BCUT2D eigenvalue weighted by molar-refractivity contribution is 0.0320. The SMILES string of the molecule is CCNC(Cc1cc(CC)nn1CC)C1CCC(C)O1. The summed E-state index contributed by atoms with van der Waals surface area (Å²) in [6, 6.07) is 2.66. The molecule has 1 saturated heterocycles. The van der Waals surface area contributed by atoms with Crippen LogP contribution in [-0.4, -0.2) is 34.6 Å². The third-order valence-electron chi connectivity index (χ3n) is 4.18. The number of aryl methyl sites for hydroxylation is 2. The van der Waals surface area contributed by atoms with Crippen LogP contribution in [0.3, 0.4) is 0 Å². The van der Waals surface area contributed by atoms with Crippen molar-refractivity contribution in [2.75, 3.05) is 6.54 Å². The molecule has 114 valence electrons. The zero-order valence-corrected chi connectivity index (χ0v) is 13.4. The molecular formula is C16H29N3O. The first kappa shape index (κ1) is 15.5. The molecule has 1 aromatic rings. The van der Waals surface area contributed by atoms with E-state index in [1.807, 2.05) is 0 Å². The van der Waals surface area contributed by atoms with Gasteiger partial charge in [0.25, 0.3) is 0 Å². The fourth-order valence-corrected chi connectivity index (χ4v) is 3.08. The van der Waals surface area contributed by atoms with Gasteiger partial charge in [0.1, 0.15) is 0 Å².